The van der Waals surface area contributed by atoms with Gasteiger partial charge in [0, 0.05) is 24.2 Å². The van der Waals surface area contributed by atoms with Gasteiger partial charge < -0.3 is 5.32 Å². The summed E-state index contributed by atoms with van der Waals surface area (Å²) in [5, 5.41) is 3.37. The van der Waals surface area contributed by atoms with E-state index in [4.69, 9.17) is 0 Å². The van der Waals surface area contributed by atoms with Crippen molar-refractivity contribution in [3.05, 3.63) is 48.1 Å². The van der Waals surface area contributed by atoms with E-state index in [9.17, 15) is 0 Å². The smallest absolute Gasteiger partial charge is 0.125 e. The first-order valence-corrected chi connectivity index (χ1v) is 5.59. The fourth-order valence-corrected chi connectivity index (χ4v) is 1.69. The van der Waals surface area contributed by atoms with Crippen LogP contribution in [0.4, 0.5) is 0 Å². The van der Waals surface area contributed by atoms with Crippen molar-refractivity contribution in [1.82, 2.24) is 25.3 Å². The van der Waals surface area contributed by atoms with Crippen molar-refractivity contribution in [3.8, 4) is 0 Å². The molecule has 2 aromatic rings. The molecule has 2 rings (SSSR count). The van der Waals surface area contributed by atoms with Crippen LogP contribution < -0.4 is 5.32 Å². The highest BCUT2D eigenvalue weighted by Crippen LogP contribution is 2.18. The van der Waals surface area contributed by atoms with Crippen molar-refractivity contribution in [2.24, 2.45) is 0 Å². The molecule has 0 aliphatic rings. The zero-order valence-corrected chi connectivity index (χ0v) is 9.96. The van der Waals surface area contributed by atoms with Gasteiger partial charge in [0.15, 0.2) is 0 Å². The monoisotopic (exact) mass is 229 g/mol. The van der Waals surface area contributed by atoms with Crippen LogP contribution in [0.2, 0.25) is 0 Å². The van der Waals surface area contributed by atoms with E-state index in [-0.39, 0.29) is 6.04 Å². The maximum Gasteiger partial charge on any atom is 0.125 e. The van der Waals surface area contributed by atoms with E-state index in [1.807, 2.05) is 13.0 Å². The van der Waals surface area contributed by atoms with Crippen LogP contribution in [0.5, 0.6) is 0 Å². The van der Waals surface area contributed by atoms with Gasteiger partial charge in [0.25, 0.3) is 0 Å². The quantitative estimate of drug-likeness (QED) is 0.855. The number of hydrogen-bond donors (Lipinski definition) is 1. The van der Waals surface area contributed by atoms with Gasteiger partial charge in [0.1, 0.15) is 12.2 Å². The first kappa shape index (κ1) is 11.6. The average molecular weight is 229 g/mol. The SMILES string of the molecule is CCNC(c1cncnc1)c1ccnc(C)n1. The van der Waals surface area contributed by atoms with E-state index in [0.29, 0.717) is 0 Å². The molecule has 0 aromatic carbocycles. The molecule has 0 fully saturated rings. The van der Waals surface area contributed by atoms with Crippen LogP contribution in [0.3, 0.4) is 0 Å². The zero-order valence-electron chi connectivity index (χ0n) is 9.96. The maximum absolute atomic E-state index is 4.44. The molecule has 0 bridgehead atoms. The fourth-order valence-electron chi connectivity index (χ4n) is 1.69. The Morgan fingerprint density at radius 3 is 2.71 bits per heavy atom. The summed E-state index contributed by atoms with van der Waals surface area (Å²) in [7, 11) is 0. The van der Waals surface area contributed by atoms with Gasteiger partial charge in [0.05, 0.1) is 11.7 Å². The molecule has 88 valence electrons. The van der Waals surface area contributed by atoms with E-state index in [1.165, 1.54) is 6.33 Å². The van der Waals surface area contributed by atoms with Crippen molar-refractivity contribution in [2.45, 2.75) is 19.9 Å². The third-order valence-electron chi connectivity index (χ3n) is 2.42. The maximum atomic E-state index is 4.44. The lowest BCUT2D eigenvalue weighted by Crippen LogP contribution is -2.23. The summed E-state index contributed by atoms with van der Waals surface area (Å²) in [6.07, 6.45) is 6.90. The zero-order chi connectivity index (χ0) is 12.1. The van der Waals surface area contributed by atoms with Crippen molar-refractivity contribution in [2.75, 3.05) is 6.54 Å². The van der Waals surface area contributed by atoms with Crippen LogP contribution >= 0.6 is 0 Å². The van der Waals surface area contributed by atoms with Gasteiger partial charge in [-0.25, -0.2) is 19.9 Å². The molecule has 0 radical (unpaired) electrons. The molecule has 1 atom stereocenters. The summed E-state index contributed by atoms with van der Waals surface area (Å²) in [6.45, 7) is 4.79. The summed E-state index contributed by atoms with van der Waals surface area (Å²) >= 11 is 0. The second kappa shape index (κ2) is 5.45. The van der Waals surface area contributed by atoms with Gasteiger partial charge in [-0.15, -0.1) is 0 Å². The number of rotatable bonds is 4. The third-order valence-corrected chi connectivity index (χ3v) is 2.42. The van der Waals surface area contributed by atoms with Crippen molar-refractivity contribution in [3.63, 3.8) is 0 Å². The molecule has 0 aliphatic heterocycles. The molecule has 0 saturated carbocycles. The van der Waals surface area contributed by atoms with Crippen LogP contribution in [0.15, 0.2) is 31.0 Å². The van der Waals surface area contributed by atoms with Crippen LogP contribution in [-0.4, -0.2) is 26.5 Å². The van der Waals surface area contributed by atoms with Gasteiger partial charge in [-0.1, -0.05) is 6.92 Å². The first-order chi connectivity index (χ1) is 8.31. The molecule has 0 aliphatic carbocycles. The molecule has 5 nitrogen and oxygen atoms in total. The molecule has 1 unspecified atom stereocenters. The molecule has 0 amide bonds. The highest BCUT2D eigenvalue weighted by atomic mass is 15.0. The molecule has 5 heteroatoms. The number of aromatic nitrogens is 4. The van der Waals surface area contributed by atoms with Crippen LogP contribution in [0, 0.1) is 6.92 Å². The van der Waals surface area contributed by atoms with E-state index in [1.54, 1.807) is 18.6 Å². The predicted octanol–water partition coefficient (Wildman–Crippen LogP) is 1.27. The third kappa shape index (κ3) is 2.82. The molecule has 0 spiro atoms. The number of hydrogen-bond acceptors (Lipinski definition) is 5. The lowest BCUT2D eigenvalue weighted by Gasteiger charge is -2.17. The Hall–Kier alpha value is -1.88. The van der Waals surface area contributed by atoms with Gasteiger partial charge >= 0.3 is 0 Å². The van der Waals surface area contributed by atoms with E-state index >= 15 is 0 Å². The molecular weight excluding hydrogens is 214 g/mol. The highest BCUT2D eigenvalue weighted by Gasteiger charge is 2.14. The minimum Gasteiger partial charge on any atom is -0.305 e. The molecule has 2 heterocycles. The van der Waals surface area contributed by atoms with Crippen LogP contribution in [0.1, 0.15) is 30.0 Å². The summed E-state index contributed by atoms with van der Waals surface area (Å²) in [5.74, 6) is 0.766. The second-order valence-corrected chi connectivity index (χ2v) is 3.69. The molecule has 0 saturated heterocycles. The summed E-state index contributed by atoms with van der Waals surface area (Å²) in [4.78, 5) is 16.6. The van der Waals surface area contributed by atoms with Crippen LogP contribution in [0.25, 0.3) is 0 Å². The lowest BCUT2D eigenvalue weighted by molar-refractivity contribution is 0.607. The number of nitrogens with zero attached hydrogens (tertiary/aromatic N) is 4. The minimum absolute atomic E-state index is 0.0166. The Labute approximate surface area is 100 Å². The molecular formula is C12H15N5. The summed E-state index contributed by atoms with van der Waals surface area (Å²) in [6, 6.07) is 1.93. The Bertz CT molecular complexity index is 471. The van der Waals surface area contributed by atoms with Gasteiger partial charge in [-0.3, -0.25) is 0 Å². The predicted molar refractivity (Wildman–Crippen MR) is 64.3 cm³/mol. The number of nitrogens with one attached hydrogen (secondary N) is 1. The molecule has 17 heavy (non-hydrogen) atoms. The topological polar surface area (TPSA) is 63.6 Å². The standard InChI is InChI=1S/C12H15N5/c1-3-15-12(10-6-13-8-14-7-10)11-4-5-16-9(2)17-11/h4-8,12,15H,3H2,1-2H3. The van der Waals surface area contributed by atoms with Gasteiger partial charge in [-0.2, -0.15) is 0 Å². The van der Waals surface area contributed by atoms with Crippen molar-refractivity contribution in [1.29, 1.82) is 0 Å². The van der Waals surface area contributed by atoms with E-state index < -0.39 is 0 Å². The minimum atomic E-state index is 0.0166. The summed E-state index contributed by atoms with van der Waals surface area (Å²) in [5.41, 5.74) is 1.95. The lowest BCUT2D eigenvalue weighted by atomic mass is 10.1. The second-order valence-electron chi connectivity index (χ2n) is 3.69. The van der Waals surface area contributed by atoms with Gasteiger partial charge in [-0.05, 0) is 19.5 Å². The Balaban J connectivity index is 2.35. The first-order valence-electron chi connectivity index (χ1n) is 5.59. The molecule has 1 N–H and O–H groups in total. The highest BCUT2D eigenvalue weighted by molar-refractivity contribution is 5.22. The Morgan fingerprint density at radius 1 is 1.29 bits per heavy atom. The van der Waals surface area contributed by atoms with E-state index in [2.05, 4.69) is 32.2 Å². The largest absolute Gasteiger partial charge is 0.305 e. The normalized spacial score (nSPS) is 12.4. The average Bonchev–Trinajstić information content (AvgIpc) is 2.37. The van der Waals surface area contributed by atoms with Crippen molar-refractivity contribution < 1.29 is 0 Å². The van der Waals surface area contributed by atoms with Crippen molar-refractivity contribution >= 4 is 0 Å². The Morgan fingerprint density at radius 2 is 2.06 bits per heavy atom. The molecule has 2 aromatic heterocycles. The van der Waals surface area contributed by atoms with E-state index in [0.717, 1.165) is 23.6 Å². The fraction of sp³-hybridized carbons (Fsp3) is 0.333. The van der Waals surface area contributed by atoms with Crippen LogP contribution in [-0.2, 0) is 0 Å². The summed E-state index contributed by atoms with van der Waals surface area (Å²) < 4.78 is 0. The number of aryl methyl sites for hydroxylation is 1. The Kier molecular flexibility index (Phi) is 3.72. The van der Waals surface area contributed by atoms with Gasteiger partial charge in [0.2, 0.25) is 0 Å².